The van der Waals surface area contributed by atoms with Crippen molar-refractivity contribution < 1.29 is 42.1 Å². The molecular weight excluding hydrogens is 371 g/mol. The van der Waals surface area contributed by atoms with Gasteiger partial charge in [-0.15, -0.1) is 0 Å². The highest BCUT2D eigenvalue weighted by Crippen LogP contribution is 2.13. The fraction of sp³-hybridized carbons (Fsp3) is 0.529. The molecule has 1 fully saturated rings. The van der Waals surface area contributed by atoms with Crippen LogP contribution in [0.15, 0.2) is 30.3 Å². The van der Waals surface area contributed by atoms with Gasteiger partial charge in [0.05, 0.1) is 25.9 Å². The van der Waals surface area contributed by atoms with Crippen molar-refractivity contribution in [3.05, 3.63) is 35.9 Å². The first-order valence-electron chi connectivity index (χ1n) is 8.18. The molecule has 1 heterocycles. The summed E-state index contributed by atoms with van der Waals surface area (Å²) < 4.78 is 48.0. The molecule has 0 saturated carbocycles. The van der Waals surface area contributed by atoms with E-state index in [1.54, 1.807) is 6.92 Å². The standard InChI is InChI=1S/C15H21NO4.C2HF3O2/c1-2-19-15(17)14-9-16-8-13(20-14)11-18-10-12-6-4-3-5-7-12;3-2(4,5)1(6)7/h3-7,13-14,16H,2,8-11H2,1H3;(H,6,7)/t13-,14?;/m0./s1. The third-order valence-corrected chi connectivity index (χ3v) is 3.27. The molecule has 152 valence electrons. The first kappa shape index (κ1) is 22.9. The molecule has 0 bridgehead atoms. The summed E-state index contributed by atoms with van der Waals surface area (Å²) in [6.07, 6.45) is -5.74. The molecule has 2 atom stereocenters. The van der Waals surface area contributed by atoms with E-state index in [0.717, 1.165) is 5.56 Å². The molecular formula is C17H22F3NO6. The molecule has 0 aliphatic carbocycles. The van der Waals surface area contributed by atoms with E-state index in [0.29, 0.717) is 32.9 Å². The van der Waals surface area contributed by atoms with Crippen LogP contribution < -0.4 is 5.32 Å². The van der Waals surface area contributed by atoms with Crippen LogP contribution in [0.5, 0.6) is 0 Å². The number of carbonyl (C=O) groups excluding carboxylic acids is 1. The van der Waals surface area contributed by atoms with Crippen molar-refractivity contribution in [3.63, 3.8) is 0 Å². The van der Waals surface area contributed by atoms with Gasteiger partial charge < -0.3 is 24.6 Å². The molecule has 0 amide bonds. The number of esters is 1. The molecule has 0 radical (unpaired) electrons. The first-order valence-corrected chi connectivity index (χ1v) is 8.18. The number of hydrogen-bond acceptors (Lipinski definition) is 6. The molecule has 7 nitrogen and oxygen atoms in total. The minimum atomic E-state index is -5.08. The van der Waals surface area contributed by atoms with Crippen molar-refractivity contribution in [2.24, 2.45) is 0 Å². The number of alkyl halides is 3. The van der Waals surface area contributed by atoms with E-state index in [9.17, 15) is 18.0 Å². The van der Waals surface area contributed by atoms with Crippen LogP contribution >= 0.6 is 0 Å². The van der Waals surface area contributed by atoms with E-state index in [1.807, 2.05) is 30.3 Å². The Labute approximate surface area is 154 Å². The second kappa shape index (κ2) is 11.5. The summed E-state index contributed by atoms with van der Waals surface area (Å²) >= 11 is 0. The first-order chi connectivity index (χ1) is 12.7. The molecule has 1 aliphatic heterocycles. The number of rotatable bonds is 6. The second-order valence-electron chi connectivity index (χ2n) is 5.46. The van der Waals surface area contributed by atoms with Gasteiger partial charge in [0.2, 0.25) is 0 Å². The Balaban J connectivity index is 0.000000445. The summed E-state index contributed by atoms with van der Waals surface area (Å²) in [5.74, 6) is -3.07. The SMILES string of the molecule is CCOC(=O)C1CNC[C@@H](COCc2ccccc2)O1.O=C(O)C(F)(F)F. The lowest BCUT2D eigenvalue weighted by molar-refractivity contribution is -0.192. The molecule has 1 aromatic rings. The van der Waals surface area contributed by atoms with E-state index >= 15 is 0 Å². The van der Waals surface area contributed by atoms with Gasteiger partial charge in [0.25, 0.3) is 0 Å². The number of morpholine rings is 1. The zero-order valence-electron chi connectivity index (χ0n) is 14.7. The van der Waals surface area contributed by atoms with E-state index < -0.39 is 18.2 Å². The fourth-order valence-electron chi connectivity index (χ4n) is 2.06. The molecule has 1 aliphatic rings. The quantitative estimate of drug-likeness (QED) is 0.711. The van der Waals surface area contributed by atoms with Gasteiger partial charge in [-0.1, -0.05) is 30.3 Å². The zero-order chi connectivity index (χ0) is 20.3. The summed E-state index contributed by atoms with van der Waals surface area (Å²) in [5, 5.41) is 10.3. The summed E-state index contributed by atoms with van der Waals surface area (Å²) in [7, 11) is 0. The number of carboxylic acid groups (broad SMARTS) is 1. The molecule has 10 heteroatoms. The van der Waals surface area contributed by atoms with Gasteiger partial charge in [-0.25, -0.2) is 9.59 Å². The molecule has 1 unspecified atom stereocenters. The van der Waals surface area contributed by atoms with Gasteiger partial charge in [0.15, 0.2) is 6.10 Å². The van der Waals surface area contributed by atoms with Crippen molar-refractivity contribution in [1.82, 2.24) is 5.32 Å². The maximum atomic E-state index is 11.6. The molecule has 2 rings (SSSR count). The summed E-state index contributed by atoms with van der Waals surface area (Å²) in [6, 6.07) is 9.96. The van der Waals surface area contributed by atoms with Crippen LogP contribution in [0.2, 0.25) is 0 Å². The normalized spacial score (nSPS) is 19.6. The van der Waals surface area contributed by atoms with Gasteiger partial charge in [0, 0.05) is 13.1 Å². The van der Waals surface area contributed by atoms with Crippen molar-refractivity contribution in [2.75, 3.05) is 26.3 Å². The number of benzene rings is 1. The number of aliphatic carboxylic acids is 1. The Kier molecular flexibility index (Phi) is 9.76. The Morgan fingerprint density at radius 2 is 1.89 bits per heavy atom. The Morgan fingerprint density at radius 3 is 2.44 bits per heavy atom. The minimum Gasteiger partial charge on any atom is -0.475 e. The molecule has 0 aromatic heterocycles. The highest BCUT2D eigenvalue weighted by atomic mass is 19.4. The lowest BCUT2D eigenvalue weighted by Gasteiger charge is -2.29. The lowest BCUT2D eigenvalue weighted by atomic mass is 10.2. The lowest BCUT2D eigenvalue weighted by Crippen LogP contribution is -2.50. The van der Waals surface area contributed by atoms with Crippen molar-refractivity contribution in [2.45, 2.75) is 31.9 Å². The summed E-state index contributed by atoms with van der Waals surface area (Å²) in [4.78, 5) is 20.5. The Hall–Kier alpha value is -2.17. The van der Waals surface area contributed by atoms with E-state index in [-0.39, 0.29) is 12.1 Å². The van der Waals surface area contributed by atoms with Crippen molar-refractivity contribution in [1.29, 1.82) is 0 Å². The maximum absolute atomic E-state index is 11.6. The van der Waals surface area contributed by atoms with E-state index in [1.165, 1.54) is 0 Å². The zero-order valence-corrected chi connectivity index (χ0v) is 14.7. The number of carbonyl (C=O) groups is 2. The van der Waals surface area contributed by atoms with Crippen molar-refractivity contribution in [3.8, 4) is 0 Å². The predicted molar refractivity (Wildman–Crippen MR) is 88.0 cm³/mol. The highest BCUT2D eigenvalue weighted by molar-refractivity contribution is 5.75. The van der Waals surface area contributed by atoms with Crippen LogP contribution in [-0.4, -0.2) is 61.7 Å². The van der Waals surface area contributed by atoms with Crippen LogP contribution in [0.25, 0.3) is 0 Å². The summed E-state index contributed by atoms with van der Waals surface area (Å²) in [5.41, 5.74) is 1.12. The van der Waals surface area contributed by atoms with E-state index in [2.05, 4.69) is 5.32 Å². The summed E-state index contributed by atoms with van der Waals surface area (Å²) in [6.45, 7) is 4.34. The van der Waals surface area contributed by atoms with Crippen LogP contribution in [0.4, 0.5) is 13.2 Å². The van der Waals surface area contributed by atoms with Crippen LogP contribution in [0.3, 0.4) is 0 Å². The number of halogens is 3. The molecule has 2 N–H and O–H groups in total. The second-order valence-corrected chi connectivity index (χ2v) is 5.46. The van der Waals surface area contributed by atoms with Crippen LogP contribution in [0, 0.1) is 0 Å². The third-order valence-electron chi connectivity index (χ3n) is 3.27. The van der Waals surface area contributed by atoms with E-state index in [4.69, 9.17) is 24.1 Å². The average molecular weight is 393 g/mol. The van der Waals surface area contributed by atoms with Crippen LogP contribution in [0.1, 0.15) is 12.5 Å². The number of ether oxygens (including phenoxy) is 3. The monoisotopic (exact) mass is 393 g/mol. The van der Waals surface area contributed by atoms with Crippen molar-refractivity contribution >= 4 is 11.9 Å². The van der Waals surface area contributed by atoms with Gasteiger partial charge in [-0.3, -0.25) is 0 Å². The maximum Gasteiger partial charge on any atom is 0.490 e. The van der Waals surface area contributed by atoms with Crippen LogP contribution in [-0.2, 0) is 30.4 Å². The molecule has 0 spiro atoms. The number of hydrogen-bond donors (Lipinski definition) is 2. The third kappa shape index (κ3) is 9.36. The average Bonchev–Trinajstić information content (AvgIpc) is 2.63. The Morgan fingerprint density at radius 1 is 1.26 bits per heavy atom. The highest BCUT2D eigenvalue weighted by Gasteiger charge is 2.38. The van der Waals surface area contributed by atoms with Gasteiger partial charge in [-0.05, 0) is 12.5 Å². The molecule has 1 saturated heterocycles. The minimum absolute atomic E-state index is 0.123. The Bertz CT molecular complexity index is 582. The van der Waals surface area contributed by atoms with Gasteiger partial charge in [-0.2, -0.15) is 13.2 Å². The van der Waals surface area contributed by atoms with Gasteiger partial charge >= 0.3 is 18.1 Å². The fourth-order valence-corrected chi connectivity index (χ4v) is 2.06. The molecule has 1 aromatic carbocycles. The largest absolute Gasteiger partial charge is 0.490 e. The molecule has 27 heavy (non-hydrogen) atoms. The number of carboxylic acids is 1. The smallest absolute Gasteiger partial charge is 0.475 e. The number of nitrogens with one attached hydrogen (secondary N) is 1. The topological polar surface area (TPSA) is 94.1 Å². The van der Waals surface area contributed by atoms with Gasteiger partial charge in [0.1, 0.15) is 0 Å². The predicted octanol–water partition coefficient (Wildman–Crippen LogP) is 1.76.